The maximum atomic E-state index is 12.2. The number of likely N-dealkylation sites (tertiary alicyclic amines) is 1. The average Bonchev–Trinajstić information content (AvgIpc) is 3.03. The van der Waals surface area contributed by atoms with Gasteiger partial charge in [-0.15, -0.1) is 0 Å². The highest BCUT2D eigenvalue weighted by molar-refractivity contribution is 5.95. The first-order valence-electron chi connectivity index (χ1n) is 8.20. The van der Waals surface area contributed by atoms with E-state index in [9.17, 15) is 14.4 Å². The molecule has 1 fully saturated rings. The van der Waals surface area contributed by atoms with Crippen molar-refractivity contribution in [1.82, 2.24) is 15.5 Å². The van der Waals surface area contributed by atoms with Gasteiger partial charge in [-0.05, 0) is 30.7 Å². The lowest BCUT2D eigenvalue weighted by Gasteiger charge is -2.17. The molecule has 1 atom stereocenters. The second kappa shape index (κ2) is 9.03. The van der Waals surface area contributed by atoms with E-state index < -0.39 is 0 Å². The third-order valence-corrected chi connectivity index (χ3v) is 3.87. The molecule has 1 heterocycles. The van der Waals surface area contributed by atoms with Crippen LogP contribution in [-0.4, -0.2) is 62.1 Å². The molecule has 0 aromatic heterocycles. The van der Waals surface area contributed by atoms with Crippen LogP contribution in [0.4, 0.5) is 10.5 Å². The number of urea groups is 1. The van der Waals surface area contributed by atoms with Crippen molar-refractivity contribution in [3.05, 3.63) is 29.8 Å². The van der Waals surface area contributed by atoms with Gasteiger partial charge in [0.05, 0.1) is 6.61 Å². The molecule has 2 rings (SSSR count). The fourth-order valence-electron chi connectivity index (χ4n) is 2.63. The molecule has 0 spiro atoms. The van der Waals surface area contributed by atoms with Crippen LogP contribution in [0.15, 0.2) is 24.3 Å². The molecule has 1 aromatic rings. The molecule has 0 radical (unpaired) electrons. The van der Waals surface area contributed by atoms with Crippen LogP contribution < -0.4 is 16.0 Å². The van der Waals surface area contributed by atoms with Gasteiger partial charge in [-0.25, -0.2) is 4.79 Å². The van der Waals surface area contributed by atoms with Crippen molar-refractivity contribution in [2.24, 2.45) is 0 Å². The molecular formula is C17H24N4O4. The second-order valence-electron chi connectivity index (χ2n) is 5.89. The Morgan fingerprint density at radius 2 is 1.96 bits per heavy atom. The van der Waals surface area contributed by atoms with E-state index in [1.807, 2.05) is 0 Å². The van der Waals surface area contributed by atoms with Crippen molar-refractivity contribution in [2.45, 2.75) is 19.4 Å². The van der Waals surface area contributed by atoms with Crippen LogP contribution in [0.2, 0.25) is 0 Å². The van der Waals surface area contributed by atoms with Crippen molar-refractivity contribution in [1.29, 1.82) is 0 Å². The summed E-state index contributed by atoms with van der Waals surface area (Å²) in [5, 5.41) is 8.35. The second-order valence-corrected chi connectivity index (χ2v) is 5.89. The van der Waals surface area contributed by atoms with Gasteiger partial charge in [0, 0.05) is 51.0 Å². The third kappa shape index (κ3) is 5.75. The van der Waals surface area contributed by atoms with Gasteiger partial charge in [-0.1, -0.05) is 0 Å². The third-order valence-electron chi connectivity index (χ3n) is 3.87. The summed E-state index contributed by atoms with van der Waals surface area (Å²) in [7, 11) is 1.57. The Bertz CT molecular complexity index is 618. The lowest BCUT2D eigenvalue weighted by molar-refractivity contribution is -0.119. The average molecular weight is 348 g/mol. The summed E-state index contributed by atoms with van der Waals surface area (Å²) in [5.74, 6) is -0.278. The van der Waals surface area contributed by atoms with E-state index in [1.54, 1.807) is 36.3 Å². The summed E-state index contributed by atoms with van der Waals surface area (Å²) in [6.07, 6.45) is 0.744. The highest BCUT2D eigenvalue weighted by atomic mass is 16.5. The number of nitrogens with one attached hydrogen (secondary N) is 3. The molecule has 136 valence electrons. The van der Waals surface area contributed by atoms with Gasteiger partial charge in [-0.3, -0.25) is 9.59 Å². The summed E-state index contributed by atoms with van der Waals surface area (Å²) < 4.78 is 4.88. The number of nitrogens with zero attached hydrogens (tertiary/aromatic N) is 1. The van der Waals surface area contributed by atoms with E-state index in [1.165, 1.54) is 6.92 Å². The number of hydrogen-bond donors (Lipinski definition) is 3. The van der Waals surface area contributed by atoms with Crippen LogP contribution >= 0.6 is 0 Å². The molecule has 25 heavy (non-hydrogen) atoms. The van der Waals surface area contributed by atoms with Crippen LogP contribution in [-0.2, 0) is 9.53 Å². The van der Waals surface area contributed by atoms with Crippen LogP contribution in [0.25, 0.3) is 0 Å². The number of rotatable bonds is 6. The summed E-state index contributed by atoms with van der Waals surface area (Å²) in [4.78, 5) is 36.9. The number of methoxy groups -OCH3 is 1. The Labute approximate surface area is 146 Å². The number of carbonyl (C=O) groups excluding carboxylic acids is 3. The summed E-state index contributed by atoms with van der Waals surface area (Å²) in [6, 6.07) is 6.46. The van der Waals surface area contributed by atoms with Crippen molar-refractivity contribution in [3.8, 4) is 0 Å². The monoisotopic (exact) mass is 348 g/mol. The number of benzene rings is 1. The normalized spacial score (nSPS) is 16.4. The molecule has 1 saturated heterocycles. The van der Waals surface area contributed by atoms with E-state index in [2.05, 4.69) is 16.0 Å². The maximum Gasteiger partial charge on any atom is 0.321 e. The number of ether oxygens (including phenoxy) is 1. The zero-order chi connectivity index (χ0) is 18.2. The lowest BCUT2D eigenvalue weighted by atomic mass is 10.2. The molecule has 1 unspecified atom stereocenters. The minimum atomic E-state index is -0.217. The minimum absolute atomic E-state index is 0.00132. The van der Waals surface area contributed by atoms with Gasteiger partial charge < -0.3 is 25.6 Å². The molecular weight excluding hydrogens is 324 g/mol. The van der Waals surface area contributed by atoms with Crippen molar-refractivity contribution >= 4 is 23.5 Å². The van der Waals surface area contributed by atoms with Crippen LogP contribution in [0.1, 0.15) is 23.7 Å². The Morgan fingerprint density at radius 1 is 1.24 bits per heavy atom. The molecule has 3 N–H and O–H groups in total. The molecule has 0 saturated carbocycles. The SMILES string of the molecule is COCCNC(=O)c1ccc(NC(=O)N2CCC(NC(C)=O)C2)cc1. The highest BCUT2D eigenvalue weighted by Gasteiger charge is 2.26. The van der Waals surface area contributed by atoms with E-state index in [4.69, 9.17) is 4.74 Å². The zero-order valence-electron chi connectivity index (χ0n) is 14.5. The predicted octanol–water partition coefficient (Wildman–Crippen LogP) is 0.805. The first-order valence-corrected chi connectivity index (χ1v) is 8.20. The summed E-state index contributed by atoms with van der Waals surface area (Å²) in [5.41, 5.74) is 1.13. The summed E-state index contributed by atoms with van der Waals surface area (Å²) in [6.45, 7) is 3.45. The van der Waals surface area contributed by atoms with Gasteiger partial charge in [0.25, 0.3) is 5.91 Å². The molecule has 8 nitrogen and oxygen atoms in total. The molecule has 4 amide bonds. The largest absolute Gasteiger partial charge is 0.383 e. The number of amides is 4. The van der Waals surface area contributed by atoms with Gasteiger partial charge >= 0.3 is 6.03 Å². The van der Waals surface area contributed by atoms with Crippen molar-refractivity contribution in [2.75, 3.05) is 38.7 Å². The Morgan fingerprint density at radius 3 is 2.60 bits per heavy atom. The molecule has 0 bridgehead atoms. The van der Waals surface area contributed by atoms with Crippen LogP contribution in [0.3, 0.4) is 0 Å². The predicted molar refractivity (Wildman–Crippen MR) is 93.5 cm³/mol. The fourth-order valence-corrected chi connectivity index (χ4v) is 2.63. The molecule has 8 heteroatoms. The molecule has 1 aliphatic heterocycles. The first-order chi connectivity index (χ1) is 12.0. The van der Waals surface area contributed by atoms with E-state index in [-0.39, 0.29) is 23.9 Å². The minimum Gasteiger partial charge on any atom is -0.383 e. The molecule has 1 aliphatic rings. The number of hydrogen-bond acceptors (Lipinski definition) is 4. The molecule has 1 aromatic carbocycles. The lowest BCUT2D eigenvalue weighted by Crippen LogP contribution is -2.38. The smallest absolute Gasteiger partial charge is 0.321 e. The highest BCUT2D eigenvalue weighted by Crippen LogP contribution is 2.14. The topological polar surface area (TPSA) is 99.8 Å². The quantitative estimate of drug-likeness (QED) is 0.662. The Hall–Kier alpha value is -2.61. The van der Waals surface area contributed by atoms with E-state index in [0.29, 0.717) is 37.5 Å². The van der Waals surface area contributed by atoms with Gasteiger partial charge in [0.15, 0.2) is 0 Å². The molecule has 0 aliphatic carbocycles. The first kappa shape index (κ1) is 18.7. The maximum absolute atomic E-state index is 12.2. The fraction of sp³-hybridized carbons (Fsp3) is 0.471. The van der Waals surface area contributed by atoms with Gasteiger partial charge in [0.1, 0.15) is 0 Å². The van der Waals surface area contributed by atoms with Crippen molar-refractivity contribution in [3.63, 3.8) is 0 Å². The van der Waals surface area contributed by atoms with Crippen molar-refractivity contribution < 1.29 is 19.1 Å². The zero-order valence-corrected chi connectivity index (χ0v) is 14.5. The Kier molecular flexibility index (Phi) is 6.76. The summed E-state index contributed by atoms with van der Waals surface area (Å²) >= 11 is 0. The standard InChI is InChI=1S/C17H24N4O4/c1-12(22)19-15-7-9-21(11-15)17(24)20-14-5-3-13(4-6-14)16(23)18-8-10-25-2/h3-6,15H,7-11H2,1-2H3,(H,18,23)(H,19,22)(H,20,24). The number of carbonyl (C=O) groups is 3. The van der Waals surface area contributed by atoms with Crippen LogP contribution in [0.5, 0.6) is 0 Å². The van der Waals surface area contributed by atoms with E-state index >= 15 is 0 Å². The number of anilines is 1. The van der Waals surface area contributed by atoms with Crippen LogP contribution in [0, 0.1) is 0 Å². The van der Waals surface area contributed by atoms with E-state index in [0.717, 1.165) is 6.42 Å². The van der Waals surface area contributed by atoms with Gasteiger partial charge in [0.2, 0.25) is 5.91 Å². The Balaban J connectivity index is 1.83. The van der Waals surface area contributed by atoms with Gasteiger partial charge in [-0.2, -0.15) is 0 Å².